The van der Waals surface area contributed by atoms with E-state index in [1.54, 1.807) is 4.68 Å². The number of nitrogens with zero attached hydrogens (tertiary/aromatic N) is 3. The van der Waals surface area contributed by atoms with Crippen molar-refractivity contribution in [2.24, 2.45) is 0 Å². The van der Waals surface area contributed by atoms with Gasteiger partial charge in [-0.2, -0.15) is 5.10 Å². The number of urea groups is 1. The van der Waals surface area contributed by atoms with E-state index in [1.165, 1.54) is 11.9 Å². The van der Waals surface area contributed by atoms with Crippen LogP contribution >= 0.6 is 0 Å². The standard InChI is InChI=1S/C17H22N6O2/c24-16(18-9-8-13-4-2-1-3-5-13)10-19-17(25)22-14-6-7-15-20-12-21-23(15)11-14/h1-5,12,14H,6-11H2,(H,18,24)(H2,19,22,25). The Balaban J connectivity index is 1.31. The van der Waals surface area contributed by atoms with E-state index in [9.17, 15) is 9.59 Å². The molecule has 1 aromatic carbocycles. The van der Waals surface area contributed by atoms with Gasteiger partial charge in [-0.15, -0.1) is 0 Å². The molecular formula is C17H22N6O2. The van der Waals surface area contributed by atoms with Crippen LogP contribution in [0.4, 0.5) is 4.79 Å². The van der Waals surface area contributed by atoms with Gasteiger partial charge in [0.1, 0.15) is 12.2 Å². The van der Waals surface area contributed by atoms with Crippen LogP contribution in [-0.4, -0.2) is 45.8 Å². The van der Waals surface area contributed by atoms with Crippen molar-refractivity contribution in [1.29, 1.82) is 0 Å². The second kappa shape index (κ2) is 8.27. The Morgan fingerprint density at radius 1 is 1.20 bits per heavy atom. The first-order chi connectivity index (χ1) is 12.2. The molecule has 0 saturated carbocycles. The quantitative estimate of drug-likeness (QED) is 0.700. The summed E-state index contributed by atoms with van der Waals surface area (Å²) in [6.45, 7) is 1.11. The zero-order chi connectivity index (χ0) is 17.5. The summed E-state index contributed by atoms with van der Waals surface area (Å²) in [6, 6.07) is 9.58. The Bertz CT molecular complexity index is 715. The van der Waals surface area contributed by atoms with Crippen molar-refractivity contribution in [3.05, 3.63) is 48.0 Å². The highest BCUT2D eigenvalue weighted by atomic mass is 16.2. The SMILES string of the molecule is O=C(CNC(=O)NC1CCc2ncnn2C1)NCCc1ccccc1. The molecule has 0 fully saturated rings. The summed E-state index contributed by atoms with van der Waals surface area (Å²) < 4.78 is 1.80. The number of amides is 3. The van der Waals surface area contributed by atoms with Gasteiger partial charge < -0.3 is 16.0 Å². The van der Waals surface area contributed by atoms with Crippen molar-refractivity contribution < 1.29 is 9.59 Å². The molecule has 1 unspecified atom stereocenters. The van der Waals surface area contributed by atoms with Gasteiger partial charge in [-0.3, -0.25) is 4.79 Å². The second-order valence-corrected chi connectivity index (χ2v) is 6.01. The first-order valence-electron chi connectivity index (χ1n) is 8.42. The Kier molecular flexibility index (Phi) is 5.61. The smallest absolute Gasteiger partial charge is 0.315 e. The van der Waals surface area contributed by atoms with Crippen LogP contribution in [0.3, 0.4) is 0 Å². The van der Waals surface area contributed by atoms with E-state index in [0.29, 0.717) is 13.1 Å². The molecule has 1 atom stereocenters. The largest absolute Gasteiger partial charge is 0.354 e. The Morgan fingerprint density at radius 2 is 2.04 bits per heavy atom. The van der Waals surface area contributed by atoms with E-state index >= 15 is 0 Å². The number of rotatable bonds is 6. The normalized spacial score (nSPS) is 15.9. The lowest BCUT2D eigenvalue weighted by Gasteiger charge is -2.23. The Labute approximate surface area is 146 Å². The highest BCUT2D eigenvalue weighted by molar-refractivity contribution is 5.83. The Morgan fingerprint density at radius 3 is 2.88 bits per heavy atom. The molecule has 3 rings (SSSR count). The third kappa shape index (κ3) is 5.03. The third-order valence-electron chi connectivity index (χ3n) is 4.13. The molecule has 8 heteroatoms. The number of hydrogen-bond donors (Lipinski definition) is 3. The average molecular weight is 342 g/mol. The monoisotopic (exact) mass is 342 g/mol. The predicted molar refractivity (Wildman–Crippen MR) is 91.8 cm³/mol. The van der Waals surface area contributed by atoms with E-state index in [0.717, 1.165) is 25.1 Å². The lowest BCUT2D eigenvalue weighted by molar-refractivity contribution is -0.120. The highest BCUT2D eigenvalue weighted by Crippen LogP contribution is 2.10. The van der Waals surface area contributed by atoms with Gasteiger partial charge in [0.05, 0.1) is 19.1 Å². The van der Waals surface area contributed by atoms with E-state index in [1.807, 2.05) is 30.3 Å². The van der Waals surface area contributed by atoms with Crippen molar-refractivity contribution in [1.82, 2.24) is 30.7 Å². The molecule has 0 aliphatic carbocycles. The second-order valence-electron chi connectivity index (χ2n) is 6.01. The van der Waals surface area contributed by atoms with Crippen LogP contribution in [0.15, 0.2) is 36.7 Å². The number of nitrogens with one attached hydrogen (secondary N) is 3. The lowest BCUT2D eigenvalue weighted by Crippen LogP contribution is -2.48. The molecule has 0 radical (unpaired) electrons. The molecule has 132 valence electrons. The molecule has 1 aliphatic heterocycles. The van der Waals surface area contributed by atoms with Crippen molar-refractivity contribution in [3.63, 3.8) is 0 Å². The summed E-state index contributed by atoms with van der Waals surface area (Å²) in [4.78, 5) is 27.8. The van der Waals surface area contributed by atoms with Crippen LogP contribution in [0.5, 0.6) is 0 Å². The summed E-state index contributed by atoms with van der Waals surface area (Å²) >= 11 is 0. The van der Waals surface area contributed by atoms with Gasteiger partial charge in [-0.25, -0.2) is 14.5 Å². The van der Waals surface area contributed by atoms with E-state index in [-0.39, 0.29) is 24.5 Å². The fourth-order valence-electron chi connectivity index (χ4n) is 2.81. The number of aryl methyl sites for hydroxylation is 1. The number of fused-ring (bicyclic) bond motifs is 1. The summed E-state index contributed by atoms with van der Waals surface area (Å²) in [5.74, 6) is 0.740. The molecule has 0 saturated heterocycles. The molecular weight excluding hydrogens is 320 g/mol. The zero-order valence-corrected chi connectivity index (χ0v) is 13.9. The average Bonchev–Trinajstić information content (AvgIpc) is 3.09. The highest BCUT2D eigenvalue weighted by Gasteiger charge is 2.21. The summed E-state index contributed by atoms with van der Waals surface area (Å²) in [5.41, 5.74) is 1.17. The van der Waals surface area contributed by atoms with Crippen LogP contribution in [0.25, 0.3) is 0 Å². The molecule has 1 aliphatic rings. The van der Waals surface area contributed by atoms with Gasteiger partial charge in [0.15, 0.2) is 0 Å². The lowest BCUT2D eigenvalue weighted by atomic mass is 10.1. The topological polar surface area (TPSA) is 101 Å². The van der Waals surface area contributed by atoms with Crippen molar-refractivity contribution in [2.45, 2.75) is 31.8 Å². The number of aromatic nitrogens is 3. The number of carbonyl (C=O) groups excluding carboxylic acids is 2. The van der Waals surface area contributed by atoms with Crippen molar-refractivity contribution in [3.8, 4) is 0 Å². The first-order valence-corrected chi connectivity index (χ1v) is 8.42. The molecule has 25 heavy (non-hydrogen) atoms. The number of hydrogen-bond acceptors (Lipinski definition) is 4. The fourth-order valence-corrected chi connectivity index (χ4v) is 2.81. The van der Waals surface area contributed by atoms with Gasteiger partial charge in [0.25, 0.3) is 0 Å². The van der Waals surface area contributed by atoms with Gasteiger partial charge in [-0.05, 0) is 18.4 Å². The van der Waals surface area contributed by atoms with E-state index < -0.39 is 0 Å². The summed E-state index contributed by atoms with van der Waals surface area (Å²) in [7, 11) is 0. The first kappa shape index (κ1) is 16.9. The molecule has 1 aromatic heterocycles. The van der Waals surface area contributed by atoms with Gasteiger partial charge in [0, 0.05) is 13.0 Å². The maximum atomic E-state index is 11.9. The predicted octanol–water partition coefficient (Wildman–Crippen LogP) is 0.251. The summed E-state index contributed by atoms with van der Waals surface area (Å²) in [5, 5.41) is 12.4. The van der Waals surface area contributed by atoms with Crippen LogP contribution < -0.4 is 16.0 Å². The molecule has 0 spiro atoms. The van der Waals surface area contributed by atoms with Gasteiger partial charge in [0.2, 0.25) is 5.91 Å². The van der Waals surface area contributed by atoms with Gasteiger partial charge in [-0.1, -0.05) is 30.3 Å². The maximum Gasteiger partial charge on any atom is 0.315 e. The number of carbonyl (C=O) groups is 2. The van der Waals surface area contributed by atoms with Crippen LogP contribution in [0, 0.1) is 0 Å². The van der Waals surface area contributed by atoms with Crippen molar-refractivity contribution in [2.75, 3.05) is 13.1 Å². The molecule has 2 aromatic rings. The third-order valence-corrected chi connectivity index (χ3v) is 4.13. The minimum atomic E-state index is -0.341. The van der Waals surface area contributed by atoms with Crippen LogP contribution in [-0.2, 0) is 24.2 Å². The summed E-state index contributed by atoms with van der Waals surface area (Å²) in [6.07, 6.45) is 3.89. The van der Waals surface area contributed by atoms with E-state index in [2.05, 4.69) is 26.0 Å². The molecule has 3 N–H and O–H groups in total. The zero-order valence-electron chi connectivity index (χ0n) is 13.9. The molecule has 8 nitrogen and oxygen atoms in total. The Hall–Kier alpha value is -2.90. The number of benzene rings is 1. The minimum absolute atomic E-state index is 0.00431. The fraction of sp³-hybridized carbons (Fsp3) is 0.412. The van der Waals surface area contributed by atoms with Crippen molar-refractivity contribution >= 4 is 11.9 Å². The minimum Gasteiger partial charge on any atom is -0.354 e. The molecule has 2 heterocycles. The van der Waals surface area contributed by atoms with E-state index in [4.69, 9.17) is 0 Å². The van der Waals surface area contributed by atoms with Crippen LogP contribution in [0.1, 0.15) is 17.8 Å². The van der Waals surface area contributed by atoms with Crippen LogP contribution in [0.2, 0.25) is 0 Å². The molecule has 0 bridgehead atoms. The molecule has 3 amide bonds. The van der Waals surface area contributed by atoms with Gasteiger partial charge >= 0.3 is 6.03 Å². The maximum absolute atomic E-state index is 11.9.